The second-order valence-corrected chi connectivity index (χ2v) is 4.31. The number of hydrogen-bond donors (Lipinski definition) is 1. The Bertz CT molecular complexity index is 491. The molecule has 0 saturated carbocycles. The molecular weight excluding hydrogens is 218 g/mol. The molecule has 0 aromatic carbocycles. The Morgan fingerprint density at radius 3 is 2.41 bits per heavy atom. The Morgan fingerprint density at radius 2 is 1.82 bits per heavy atom. The number of rotatable bonds is 3. The van der Waals surface area contributed by atoms with Gasteiger partial charge in [0.2, 0.25) is 17.5 Å². The molecule has 0 saturated heterocycles. The fourth-order valence-electron chi connectivity index (χ4n) is 1.25. The van der Waals surface area contributed by atoms with Crippen LogP contribution in [0.4, 0.5) is 0 Å². The molecule has 90 valence electrons. The van der Waals surface area contributed by atoms with Crippen molar-refractivity contribution in [1.82, 2.24) is 20.1 Å². The van der Waals surface area contributed by atoms with E-state index in [0.717, 1.165) is 5.56 Å². The molecule has 0 aliphatic heterocycles. The van der Waals surface area contributed by atoms with Crippen molar-refractivity contribution >= 4 is 0 Å². The van der Waals surface area contributed by atoms with Gasteiger partial charge >= 0.3 is 0 Å². The van der Waals surface area contributed by atoms with Crippen LogP contribution in [0, 0.1) is 12.8 Å². The minimum absolute atomic E-state index is 0.238. The monoisotopic (exact) mass is 233 g/mol. The Balaban J connectivity index is 2.26. The van der Waals surface area contributed by atoms with Crippen LogP contribution in [0.1, 0.15) is 31.3 Å². The molecule has 0 aliphatic rings. The van der Waals surface area contributed by atoms with E-state index in [4.69, 9.17) is 10.3 Å². The van der Waals surface area contributed by atoms with Crippen LogP contribution >= 0.6 is 0 Å². The maximum atomic E-state index is 5.92. The summed E-state index contributed by atoms with van der Waals surface area (Å²) >= 11 is 0. The number of aromatic nitrogens is 4. The van der Waals surface area contributed by atoms with Gasteiger partial charge in [-0.25, -0.2) is 9.97 Å². The van der Waals surface area contributed by atoms with E-state index in [-0.39, 0.29) is 12.0 Å². The molecule has 0 spiro atoms. The van der Waals surface area contributed by atoms with Crippen molar-refractivity contribution in [2.24, 2.45) is 11.7 Å². The van der Waals surface area contributed by atoms with Gasteiger partial charge in [0.25, 0.3) is 0 Å². The first-order valence-electron chi connectivity index (χ1n) is 5.46. The van der Waals surface area contributed by atoms with Gasteiger partial charge in [0.05, 0.1) is 6.04 Å². The summed E-state index contributed by atoms with van der Waals surface area (Å²) in [5.41, 5.74) is 6.90. The first-order valence-corrected chi connectivity index (χ1v) is 5.46. The standard InChI is InChI=1S/C11H15N5O/c1-6(2)8(12)11-15-10(16-17-11)9-13-4-7(3)5-14-9/h4-6,8H,12H2,1-3H3. The van der Waals surface area contributed by atoms with E-state index in [0.29, 0.717) is 17.5 Å². The quantitative estimate of drug-likeness (QED) is 0.863. The molecule has 6 heteroatoms. The van der Waals surface area contributed by atoms with Gasteiger partial charge < -0.3 is 10.3 Å². The molecule has 0 aliphatic carbocycles. The second kappa shape index (κ2) is 4.58. The fourth-order valence-corrected chi connectivity index (χ4v) is 1.25. The second-order valence-electron chi connectivity index (χ2n) is 4.31. The minimum Gasteiger partial charge on any atom is -0.337 e. The zero-order valence-electron chi connectivity index (χ0n) is 10.1. The first-order chi connectivity index (χ1) is 8.08. The number of nitrogens with zero attached hydrogens (tertiary/aromatic N) is 4. The normalized spacial score (nSPS) is 13.0. The summed E-state index contributed by atoms with van der Waals surface area (Å²) in [5, 5.41) is 3.83. The third-order valence-corrected chi connectivity index (χ3v) is 2.43. The van der Waals surface area contributed by atoms with Crippen molar-refractivity contribution in [3.05, 3.63) is 23.8 Å². The Kier molecular flexibility index (Phi) is 3.14. The van der Waals surface area contributed by atoms with E-state index in [1.165, 1.54) is 0 Å². The Hall–Kier alpha value is -1.82. The molecule has 1 unspecified atom stereocenters. The highest BCUT2D eigenvalue weighted by atomic mass is 16.5. The Labute approximate surface area is 99.3 Å². The summed E-state index contributed by atoms with van der Waals surface area (Å²) in [5.74, 6) is 1.47. The van der Waals surface area contributed by atoms with E-state index in [1.54, 1.807) is 12.4 Å². The molecule has 0 fully saturated rings. The molecule has 0 bridgehead atoms. The predicted octanol–water partition coefficient (Wildman–Crippen LogP) is 1.49. The fraction of sp³-hybridized carbons (Fsp3) is 0.455. The van der Waals surface area contributed by atoms with Gasteiger partial charge in [0.1, 0.15) is 0 Å². The molecule has 2 N–H and O–H groups in total. The first kappa shape index (κ1) is 11.7. The molecule has 1 atom stereocenters. The molecule has 0 radical (unpaired) electrons. The summed E-state index contributed by atoms with van der Waals surface area (Å²) < 4.78 is 5.11. The van der Waals surface area contributed by atoms with Crippen LogP contribution in [0.2, 0.25) is 0 Å². The van der Waals surface area contributed by atoms with Crippen LogP contribution in [-0.4, -0.2) is 20.1 Å². The Morgan fingerprint density at radius 1 is 1.18 bits per heavy atom. The van der Waals surface area contributed by atoms with Gasteiger partial charge in [-0.3, -0.25) is 0 Å². The van der Waals surface area contributed by atoms with Gasteiger partial charge in [-0.05, 0) is 18.4 Å². The lowest BCUT2D eigenvalue weighted by Gasteiger charge is -2.08. The lowest BCUT2D eigenvalue weighted by atomic mass is 10.1. The average Bonchev–Trinajstić information content (AvgIpc) is 2.78. The number of aryl methyl sites for hydroxylation is 1. The van der Waals surface area contributed by atoms with Crippen molar-refractivity contribution in [2.45, 2.75) is 26.8 Å². The summed E-state index contributed by atoms with van der Waals surface area (Å²) in [4.78, 5) is 12.5. The van der Waals surface area contributed by atoms with Gasteiger partial charge in [-0.15, -0.1) is 0 Å². The predicted molar refractivity (Wildman–Crippen MR) is 61.8 cm³/mol. The molecule has 2 aromatic heterocycles. The molecular formula is C11H15N5O. The van der Waals surface area contributed by atoms with Crippen LogP contribution in [0.5, 0.6) is 0 Å². The third kappa shape index (κ3) is 2.47. The van der Waals surface area contributed by atoms with Gasteiger partial charge in [-0.2, -0.15) is 4.98 Å². The summed E-state index contributed by atoms with van der Waals surface area (Å²) in [7, 11) is 0. The van der Waals surface area contributed by atoms with E-state index >= 15 is 0 Å². The third-order valence-electron chi connectivity index (χ3n) is 2.43. The molecule has 2 heterocycles. The molecule has 2 aromatic rings. The van der Waals surface area contributed by atoms with Gasteiger partial charge in [-0.1, -0.05) is 19.0 Å². The molecule has 17 heavy (non-hydrogen) atoms. The van der Waals surface area contributed by atoms with Crippen molar-refractivity contribution in [3.8, 4) is 11.6 Å². The summed E-state index contributed by atoms with van der Waals surface area (Å²) in [6.45, 7) is 5.91. The topological polar surface area (TPSA) is 90.7 Å². The lowest BCUT2D eigenvalue weighted by molar-refractivity contribution is 0.325. The zero-order valence-corrected chi connectivity index (χ0v) is 10.1. The van der Waals surface area contributed by atoms with E-state index in [1.807, 2.05) is 20.8 Å². The maximum Gasteiger partial charge on any atom is 0.244 e. The van der Waals surface area contributed by atoms with Crippen molar-refractivity contribution in [1.29, 1.82) is 0 Å². The van der Waals surface area contributed by atoms with Crippen molar-refractivity contribution in [2.75, 3.05) is 0 Å². The van der Waals surface area contributed by atoms with Crippen LogP contribution in [0.3, 0.4) is 0 Å². The summed E-state index contributed by atoms with van der Waals surface area (Å²) in [6, 6.07) is -0.262. The van der Waals surface area contributed by atoms with Gasteiger partial charge in [0, 0.05) is 12.4 Å². The number of hydrogen-bond acceptors (Lipinski definition) is 6. The van der Waals surface area contributed by atoms with Crippen LogP contribution in [-0.2, 0) is 0 Å². The van der Waals surface area contributed by atoms with Gasteiger partial charge in [0.15, 0.2) is 0 Å². The van der Waals surface area contributed by atoms with E-state index in [2.05, 4.69) is 20.1 Å². The molecule has 6 nitrogen and oxygen atoms in total. The minimum atomic E-state index is -0.262. The molecule has 2 rings (SSSR count). The lowest BCUT2D eigenvalue weighted by Crippen LogP contribution is -2.16. The maximum absolute atomic E-state index is 5.92. The van der Waals surface area contributed by atoms with E-state index in [9.17, 15) is 0 Å². The number of nitrogens with two attached hydrogens (primary N) is 1. The largest absolute Gasteiger partial charge is 0.337 e. The smallest absolute Gasteiger partial charge is 0.244 e. The summed E-state index contributed by atoms with van der Waals surface area (Å²) in [6.07, 6.45) is 3.42. The van der Waals surface area contributed by atoms with Crippen LogP contribution < -0.4 is 5.73 Å². The van der Waals surface area contributed by atoms with E-state index < -0.39 is 0 Å². The van der Waals surface area contributed by atoms with Crippen molar-refractivity contribution < 1.29 is 4.52 Å². The SMILES string of the molecule is Cc1cnc(-c2noc(C(N)C(C)C)n2)nc1. The highest BCUT2D eigenvalue weighted by Crippen LogP contribution is 2.19. The van der Waals surface area contributed by atoms with Crippen LogP contribution in [0.15, 0.2) is 16.9 Å². The zero-order chi connectivity index (χ0) is 12.4. The highest BCUT2D eigenvalue weighted by Gasteiger charge is 2.19. The average molecular weight is 233 g/mol. The highest BCUT2D eigenvalue weighted by molar-refractivity contribution is 5.41. The van der Waals surface area contributed by atoms with Crippen LogP contribution in [0.25, 0.3) is 11.6 Å². The van der Waals surface area contributed by atoms with Crippen molar-refractivity contribution in [3.63, 3.8) is 0 Å². The molecule has 0 amide bonds.